The molecule has 0 bridgehead atoms. The van der Waals surface area contributed by atoms with Gasteiger partial charge in [-0.1, -0.05) is 22.0 Å². The lowest BCUT2D eigenvalue weighted by atomic mass is 10.3. The van der Waals surface area contributed by atoms with Crippen LogP contribution in [0.15, 0.2) is 57.9 Å². The molecule has 0 atom stereocenters. The van der Waals surface area contributed by atoms with Crippen LogP contribution in [-0.4, -0.2) is 4.55 Å². The zero-order valence-corrected chi connectivity index (χ0v) is 10.7. The van der Waals surface area contributed by atoms with Gasteiger partial charge in [0.2, 0.25) is 0 Å². The topological polar surface area (TPSA) is 29.5 Å². The Morgan fingerprint density at radius 1 is 1.00 bits per heavy atom. The Bertz CT molecular complexity index is 471. The van der Waals surface area contributed by atoms with E-state index in [4.69, 9.17) is 9.29 Å². The van der Waals surface area contributed by atoms with E-state index in [0.29, 0.717) is 0 Å². The maximum Gasteiger partial charge on any atom is 0.128 e. The van der Waals surface area contributed by atoms with Crippen LogP contribution < -0.4 is 4.74 Å². The second-order valence-electron chi connectivity index (χ2n) is 3.12. The minimum absolute atomic E-state index is 0.723. The highest BCUT2D eigenvalue weighted by molar-refractivity contribution is 9.10. The van der Waals surface area contributed by atoms with Gasteiger partial charge in [0, 0.05) is 21.4 Å². The van der Waals surface area contributed by atoms with Crippen LogP contribution in [0.2, 0.25) is 0 Å². The van der Waals surface area contributed by atoms with Gasteiger partial charge < -0.3 is 9.29 Å². The Labute approximate surface area is 107 Å². The minimum Gasteiger partial charge on any atom is -0.457 e. The zero-order chi connectivity index (χ0) is 11.4. The van der Waals surface area contributed by atoms with Crippen LogP contribution in [0.25, 0.3) is 0 Å². The van der Waals surface area contributed by atoms with Crippen molar-refractivity contribution in [3.05, 3.63) is 53.0 Å². The second kappa shape index (κ2) is 5.39. The summed E-state index contributed by atoms with van der Waals surface area (Å²) in [5, 5.41) is 0. The third kappa shape index (κ3) is 3.01. The van der Waals surface area contributed by atoms with Crippen molar-refractivity contribution in [1.82, 2.24) is 0 Å². The molecule has 0 aliphatic carbocycles. The number of halogens is 1. The predicted molar refractivity (Wildman–Crippen MR) is 69.1 cm³/mol. The fourth-order valence-electron chi connectivity index (χ4n) is 1.24. The molecule has 0 aromatic heterocycles. The van der Waals surface area contributed by atoms with E-state index in [9.17, 15) is 0 Å². The summed E-state index contributed by atoms with van der Waals surface area (Å²) < 4.78 is 15.4. The van der Waals surface area contributed by atoms with Crippen LogP contribution in [0.3, 0.4) is 0 Å². The normalized spacial score (nSPS) is 10.1. The van der Waals surface area contributed by atoms with Crippen LogP contribution in [0.4, 0.5) is 0 Å². The Kier molecular flexibility index (Phi) is 3.88. The van der Waals surface area contributed by atoms with E-state index in [-0.39, 0.29) is 0 Å². The van der Waals surface area contributed by atoms with E-state index in [1.807, 2.05) is 36.4 Å². The molecule has 1 N–H and O–H groups in total. The highest BCUT2D eigenvalue weighted by atomic mass is 79.9. The summed E-state index contributed by atoms with van der Waals surface area (Å²) in [6.07, 6.45) is 0. The molecule has 2 nitrogen and oxygen atoms in total. The Morgan fingerprint density at radius 3 is 2.38 bits per heavy atom. The molecule has 4 heteroatoms. The summed E-state index contributed by atoms with van der Waals surface area (Å²) in [6.45, 7) is 0. The summed E-state index contributed by atoms with van der Waals surface area (Å²) in [4.78, 5) is 0.793. The average Bonchev–Trinajstić information content (AvgIpc) is 2.30. The van der Waals surface area contributed by atoms with Crippen LogP contribution in [0, 0.1) is 0 Å². The molecular weight excluding hydrogens is 288 g/mol. The predicted octanol–water partition coefficient (Wildman–Crippen LogP) is 4.81. The van der Waals surface area contributed by atoms with Gasteiger partial charge in [-0.2, -0.15) is 0 Å². The van der Waals surface area contributed by atoms with Crippen molar-refractivity contribution in [2.24, 2.45) is 0 Å². The zero-order valence-electron chi connectivity index (χ0n) is 8.26. The van der Waals surface area contributed by atoms with Gasteiger partial charge >= 0.3 is 0 Å². The van der Waals surface area contributed by atoms with Crippen LogP contribution >= 0.6 is 28.0 Å². The van der Waals surface area contributed by atoms with E-state index in [1.165, 1.54) is 0 Å². The number of ether oxygens (including phenoxy) is 1. The summed E-state index contributed by atoms with van der Waals surface area (Å²) in [6, 6.07) is 14.9. The van der Waals surface area contributed by atoms with Crippen molar-refractivity contribution in [3.63, 3.8) is 0 Å². The van der Waals surface area contributed by atoms with Gasteiger partial charge in [-0.25, -0.2) is 0 Å². The summed E-state index contributed by atoms with van der Waals surface area (Å²) in [5.74, 6) is 1.52. The maximum absolute atomic E-state index is 8.82. The number of rotatable bonds is 3. The molecule has 2 aromatic carbocycles. The third-order valence-corrected chi connectivity index (χ3v) is 2.94. The van der Waals surface area contributed by atoms with E-state index in [0.717, 1.165) is 32.9 Å². The van der Waals surface area contributed by atoms with Crippen molar-refractivity contribution in [2.45, 2.75) is 4.90 Å². The lowest BCUT2D eigenvalue weighted by Gasteiger charge is -2.06. The first-order chi connectivity index (χ1) is 7.78. The molecule has 16 heavy (non-hydrogen) atoms. The second-order valence-corrected chi connectivity index (χ2v) is 4.69. The number of benzene rings is 2. The summed E-state index contributed by atoms with van der Waals surface area (Å²) >= 11 is 4.11. The highest BCUT2D eigenvalue weighted by Gasteiger charge is 1.98. The monoisotopic (exact) mass is 296 g/mol. The average molecular weight is 297 g/mol. The first-order valence-electron chi connectivity index (χ1n) is 4.63. The molecular formula is C12H9BrO2S. The first kappa shape index (κ1) is 11.5. The maximum atomic E-state index is 8.82. The summed E-state index contributed by atoms with van der Waals surface area (Å²) in [5.41, 5.74) is 0. The van der Waals surface area contributed by atoms with Gasteiger partial charge in [0.15, 0.2) is 0 Å². The first-order valence-corrected chi connectivity index (χ1v) is 6.19. The quantitative estimate of drug-likeness (QED) is 0.825. The van der Waals surface area contributed by atoms with Crippen molar-refractivity contribution in [1.29, 1.82) is 0 Å². The van der Waals surface area contributed by atoms with Gasteiger partial charge in [0.05, 0.1) is 0 Å². The molecule has 0 aliphatic rings. The highest BCUT2D eigenvalue weighted by Crippen LogP contribution is 2.25. The van der Waals surface area contributed by atoms with Crippen molar-refractivity contribution in [3.8, 4) is 11.5 Å². The molecule has 0 fully saturated rings. The van der Waals surface area contributed by atoms with Gasteiger partial charge in [-0.15, -0.1) is 0 Å². The molecule has 0 saturated carbocycles. The van der Waals surface area contributed by atoms with E-state index in [1.54, 1.807) is 12.1 Å². The molecule has 2 aromatic rings. The van der Waals surface area contributed by atoms with Crippen LogP contribution in [-0.2, 0) is 0 Å². The minimum atomic E-state index is 0.723. The Morgan fingerprint density at radius 2 is 1.75 bits per heavy atom. The molecule has 0 amide bonds. The van der Waals surface area contributed by atoms with Crippen LogP contribution in [0.5, 0.6) is 11.5 Å². The van der Waals surface area contributed by atoms with Gasteiger partial charge in [0.1, 0.15) is 11.5 Å². The fourth-order valence-corrected chi connectivity index (χ4v) is 1.87. The SMILES string of the molecule is OSc1ccc(Oc2cccc(Br)c2)cc1. The van der Waals surface area contributed by atoms with Gasteiger partial charge in [-0.05, 0) is 42.5 Å². The molecule has 2 rings (SSSR count). The Hall–Kier alpha value is -0.970. The number of hydrogen-bond donors (Lipinski definition) is 1. The summed E-state index contributed by atoms with van der Waals surface area (Å²) in [7, 11) is 0. The third-order valence-electron chi connectivity index (χ3n) is 1.96. The van der Waals surface area contributed by atoms with Crippen LogP contribution in [0.1, 0.15) is 0 Å². The molecule has 0 heterocycles. The van der Waals surface area contributed by atoms with Crippen molar-refractivity contribution < 1.29 is 9.29 Å². The largest absolute Gasteiger partial charge is 0.457 e. The smallest absolute Gasteiger partial charge is 0.128 e. The molecule has 0 spiro atoms. The lowest BCUT2D eigenvalue weighted by Crippen LogP contribution is -1.83. The van der Waals surface area contributed by atoms with E-state index >= 15 is 0 Å². The van der Waals surface area contributed by atoms with E-state index in [2.05, 4.69) is 15.9 Å². The van der Waals surface area contributed by atoms with Gasteiger partial charge in [-0.3, -0.25) is 0 Å². The Balaban J connectivity index is 2.14. The number of hydrogen-bond acceptors (Lipinski definition) is 3. The van der Waals surface area contributed by atoms with E-state index < -0.39 is 0 Å². The molecule has 82 valence electrons. The molecule has 0 unspecified atom stereocenters. The molecule has 0 aliphatic heterocycles. The fraction of sp³-hybridized carbons (Fsp3) is 0. The lowest BCUT2D eigenvalue weighted by molar-refractivity contribution is 0.482. The van der Waals surface area contributed by atoms with Crippen molar-refractivity contribution >= 4 is 28.0 Å². The molecule has 0 radical (unpaired) electrons. The van der Waals surface area contributed by atoms with Gasteiger partial charge in [0.25, 0.3) is 0 Å². The standard InChI is InChI=1S/C12H9BrO2S/c13-9-2-1-3-11(8-9)15-10-4-6-12(16-14)7-5-10/h1-8,14H. The van der Waals surface area contributed by atoms with Crippen molar-refractivity contribution in [2.75, 3.05) is 0 Å². The molecule has 0 saturated heterocycles.